The first kappa shape index (κ1) is 8.18. The van der Waals surface area contributed by atoms with Crippen molar-refractivity contribution in [1.82, 2.24) is 0 Å². The lowest BCUT2D eigenvalue weighted by Gasteiger charge is -2.24. The minimum Gasteiger partial charge on any atom is -0.163 e. The molecule has 0 fully saturated rings. The van der Waals surface area contributed by atoms with E-state index in [0.717, 1.165) is 0 Å². The van der Waals surface area contributed by atoms with Gasteiger partial charge in [-0.2, -0.15) is 10.2 Å². The third-order valence-corrected chi connectivity index (χ3v) is 2.25. The quantitative estimate of drug-likeness (QED) is 0.548. The maximum atomic E-state index is 3.93. The van der Waals surface area contributed by atoms with Crippen LogP contribution >= 0.6 is 0 Å². The Bertz CT molecular complexity index is 196. The highest BCUT2D eigenvalue weighted by Crippen LogP contribution is 2.26. The summed E-state index contributed by atoms with van der Waals surface area (Å²) in [6, 6.07) is 0. The van der Waals surface area contributed by atoms with Crippen LogP contribution in [0.5, 0.6) is 0 Å². The van der Waals surface area contributed by atoms with E-state index in [2.05, 4.69) is 37.1 Å². The van der Waals surface area contributed by atoms with E-state index in [1.165, 1.54) is 0 Å². The first-order valence-electron chi connectivity index (χ1n) is 3.90. The van der Waals surface area contributed by atoms with E-state index in [0.29, 0.717) is 5.92 Å². The molecule has 1 atom stereocenters. The minimum atomic E-state index is 0.0660. The van der Waals surface area contributed by atoms with Gasteiger partial charge in [-0.1, -0.05) is 26.8 Å². The van der Waals surface area contributed by atoms with Crippen molar-refractivity contribution < 1.29 is 0 Å². The molecule has 11 heavy (non-hydrogen) atoms. The van der Waals surface area contributed by atoms with Gasteiger partial charge in [-0.15, -0.1) is 0 Å². The van der Waals surface area contributed by atoms with Gasteiger partial charge >= 0.3 is 0 Å². The molecule has 0 radical (unpaired) electrons. The van der Waals surface area contributed by atoms with Crippen LogP contribution in [0.3, 0.4) is 0 Å². The Hall–Kier alpha value is -0.920. The maximum Gasteiger partial charge on any atom is 0.0492 e. The molecular formula is C9H14N2. The van der Waals surface area contributed by atoms with Crippen molar-refractivity contribution in [2.75, 3.05) is 0 Å². The monoisotopic (exact) mass is 150 g/mol. The lowest BCUT2D eigenvalue weighted by Crippen LogP contribution is -2.21. The molecule has 0 N–H and O–H groups in total. The Balaban J connectivity index is 2.87. The van der Waals surface area contributed by atoms with Crippen LogP contribution in [0.15, 0.2) is 22.4 Å². The summed E-state index contributed by atoms with van der Waals surface area (Å²) >= 11 is 0. The Morgan fingerprint density at radius 1 is 1.27 bits per heavy atom. The van der Waals surface area contributed by atoms with Gasteiger partial charge in [-0.25, -0.2) is 0 Å². The lowest BCUT2D eigenvalue weighted by atomic mass is 9.80. The molecule has 0 aromatic carbocycles. The normalized spacial score (nSPS) is 29.5. The first-order valence-corrected chi connectivity index (χ1v) is 3.90. The van der Waals surface area contributed by atoms with Crippen LogP contribution in [0.4, 0.5) is 0 Å². The van der Waals surface area contributed by atoms with Crippen molar-refractivity contribution in [3.63, 3.8) is 0 Å². The van der Waals surface area contributed by atoms with Gasteiger partial charge in [0.1, 0.15) is 0 Å². The molecule has 0 aromatic heterocycles. The van der Waals surface area contributed by atoms with E-state index in [1.54, 1.807) is 6.21 Å². The molecule has 1 aliphatic rings. The summed E-state index contributed by atoms with van der Waals surface area (Å²) in [7, 11) is 0. The van der Waals surface area contributed by atoms with E-state index in [1.807, 2.05) is 12.3 Å². The Kier molecular flexibility index (Phi) is 2.22. The van der Waals surface area contributed by atoms with Crippen molar-refractivity contribution in [3.05, 3.63) is 12.2 Å². The molecule has 1 rings (SSSR count). The second-order valence-corrected chi connectivity index (χ2v) is 3.39. The lowest BCUT2D eigenvalue weighted by molar-refractivity contribution is 0.424. The molecule has 0 amide bonds. The van der Waals surface area contributed by atoms with E-state index in [-0.39, 0.29) is 5.41 Å². The van der Waals surface area contributed by atoms with Crippen molar-refractivity contribution in [1.29, 1.82) is 0 Å². The van der Waals surface area contributed by atoms with Crippen LogP contribution in [0.2, 0.25) is 0 Å². The molecule has 1 unspecified atom stereocenters. The fraction of sp³-hybridized carbons (Fsp3) is 0.556. The molecule has 1 aliphatic heterocycles. The smallest absolute Gasteiger partial charge is 0.0492 e. The summed E-state index contributed by atoms with van der Waals surface area (Å²) in [5.41, 5.74) is 0.0660. The summed E-state index contributed by atoms with van der Waals surface area (Å²) in [5, 5.41) is 7.73. The van der Waals surface area contributed by atoms with Crippen LogP contribution in [-0.2, 0) is 0 Å². The Morgan fingerprint density at radius 3 is 2.64 bits per heavy atom. The van der Waals surface area contributed by atoms with Crippen LogP contribution < -0.4 is 0 Å². The fourth-order valence-corrected chi connectivity index (χ4v) is 0.870. The summed E-state index contributed by atoms with van der Waals surface area (Å²) in [4.78, 5) is 0. The zero-order valence-corrected chi connectivity index (χ0v) is 7.28. The van der Waals surface area contributed by atoms with E-state index < -0.39 is 0 Å². The minimum absolute atomic E-state index is 0.0660. The molecule has 0 saturated carbocycles. The third-order valence-electron chi connectivity index (χ3n) is 2.25. The van der Waals surface area contributed by atoms with E-state index >= 15 is 0 Å². The average Bonchev–Trinajstić information content (AvgIpc) is 2.15. The standard InChI is InChI=1S/C9H14N2/c1-8(2)9(3)5-4-6-10-11-7-9/h4-8H,1-3H3. The zero-order chi connectivity index (χ0) is 8.32. The molecule has 0 spiro atoms. The second kappa shape index (κ2) is 2.99. The third kappa shape index (κ3) is 1.76. The predicted octanol–water partition coefficient (Wildman–Crippen LogP) is 2.28. The van der Waals surface area contributed by atoms with Gasteiger partial charge in [-0.3, -0.25) is 0 Å². The molecule has 1 heterocycles. The molecule has 2 heteroatoms. The van der Waals surface area contributed by atoms with Crippen LogP contribution in [-0.4, -0.2) is 12.4 Å². The predicted molar refractivity (Wildman–Crippen MR) is 49.1 cm³/mol. The van der Waals surface area contributed by atoms with Crippen molar-refractivity contribution >= 4 is 12.4 Å². The van der Waals surface area contributed by atoms with Gasteiger partial charge in [0.15, 0.2) is 0 Å². The zero-order valence-electron chi connectivity index (χ0n) is 7.28. The van der Waals surface area contributed by atoms with Gasteiger partial charge in [0, 0.05) is 17.8 Å². The van der Waals surface area contributed by atoms with Gasteiger partial charge in [0.2, 0.25) is 0 Å². The maximum absolute atomic E-state index is 3.93. The number of rotatable bonds is 1. The highest BCUT2D eigenvalue weighted by molar-refractivity contribution is 5.78. The van der Waals surface area contributed by atoms with Gasteiger partial charge in [-0.05, 0) is 12.0 Å². The number of hydrogen-bond donors (Lipinski definition) is 0. The average molecular weight is 150 g/mol. The van der Waals surface area contributed by atoms with Gasteiger partial charge < -0.3 is 0 Å². The van der Waals surface area contributed by atoms with E-state index in [9.17, 15) is 0 Å². The molecule has 0 saturated heterocycles. The molecular weight excluding hydrogens is 136 g/mol. The summed E-state index contributed by atoms with van der Waals surface area (Å²) in [6.45, 7) is 6.52. The summed E-state index contributed by atoms with van der Waals surface area (Å²) in [6.07, 6.45) is 7.70. The molecule has 2 nitrogen and oxygen atoms in total. The Morgan fingerprint density at radius 2 is 2.00 bits per heavy atom. The Labute approximate surface area is 67.7 Å². The van der Waals surface area contributed by atoms with Crippen LogP contribution in [0, 0.1) is 11.3 Å². The molecule has 0 aliphatic carbocycles. The van der Waals surface area contributed by atoms with Gasteiger partial charge in [0.25, 0.3) is 0 Å². The van der Waals surface area contributed by atoms with Crippen molar-refractivity contribution in [2.24, 2.45) is 21.5 Å². The largest absolute Gasteiger partial charge is 0.163 e. The first-order chi connectivity index (χ1) is 5.15. The summed E-state index contributed by atoms with van der Waals surface area (Å²) < 4.78 is 0. The topological polar surface area (TPSA) is 24.7 Å². The van der Waals surface area contributed by atoms with Crippen LogP contribution in [0.1, 0.15) is 20.8 Å². The SMILES string of the molecule is CC(C)C1(C)C=CC=NN=C1. The number of nitrogens with zero attached hydrogens (tertiary/aromatic N) is 2. The molecule has 60 valence electrons. The van der Waals surface area contributed by atoms with Crippen LogP contribution in [0.25, 0.3) is 0 Å². The molecule has 0 bridgehead atoms. The number of allylic oxidation sites excluding steroid dienone is 2. The summed E-state index contributed by atoms with van der Waals surface area (Å²) in [5.74, 6) is 0.559. The van der Waals surface area contributed by atoms with Crippen molar-refractivity contribution in [3.8, 4) is 0 Å². The highest BCUT2D eigenvalue weighted by Gasteiger charge is 2.23. The molecule has 0 aromatic rings. The fourth-order valence-electron chi connectivity index (χ4n) is 0.870. The van der Waals surface area contributed by atoms with Crippen molar-refractivity contribution in [2.45, 2.75) is 20.8 Å². The number of hydrogen-bond acceptors (Lipinski definition) is 2. The van der Waals surface area contributed by atoms with E-state index in [4.69, 9.17) is 0 Å². The highest BCUT2D eigenvalue weighted by atomic mass is 15.2. The second-order valence-electron chi connectivity index (χ2n) is 3.39. The van der Waals surface area contributed by atoms with Gasteiger partial charge in [0.05, 0.1) is 0 Å².